The van der Waals surface area contributed by atoms with Crippen molar-refractivity contribution >= 4 is 29.0 Å². The fourth-order valence-corrected chi connectivity index (χ4v) is 4.25. The lowest BCUT2D eigenvalue weighted by Crippen LogP contribution is -2.40. The van der Waals surface area contributed by atoms with Crippen LogP contribution in [0.15, 0.2) is 47.4 Å². The largest absolute Gasteiger partial charge is 0.360 e. The molecular formula is C20H24N2OS. The van der Waals surface area contributed by atoms with Gasteiger partial charge in [0.05, 0.1) is 12.2 Å². The Labute approximate surface area is 148 Å². The van der Waals surface area contributed by atoms with Crippen LogP contribution in [-0.2, 0) is 4.79 Å². The van der Waals surface area contributed by atoms with Gasteiger partial charge in [-0.25, -0.2) is 0 Å². The highest BCUT2D eigenvalue weighted by atomic mass is 32.2. The van der Waals surface area contributed by atoms with Crippen molar-refractivity contribution in [3.05, 3.63) is 53.6 Å². The van der Waals surface area contributed by atoms with E-state index in [0.717, 1.165) is 24.2 Å². The molecule has 1 N–H and O–H groups in total. The fraction of sp³-hybridized carbons (Fsp3) is 0.350. The number of fused-ring (bicyclic) bond motifs is 1. The number of carbonyl (C=O) groups excluding carboxylic acids is 1. The molecule has 0 spiro atoms. The monoisotopic (exact) mass is 340 g/mol. The van der Waals surface area contributed by atoms with Crippen LogP contribution in [-0.4, -0.2) is 24.2 Å². The smallest absolute Gasteiger partial charge is 0.243 e. The van der Waals surface area contributed by atoms with Crippen molar-refractivity contribution in [3.8, 4) is 0 Å². The number of benzene rings is 2. The lowest BCUT2D eigenvalue weighted by atomic mass is 10.1. The second kappa shape index (κ2) is 7.31. The zero-order valence-electron chi connectivity index (χ0n) is 14.5. The molecule has 0 fully saturated rings. The van der Waals surface area contributed by atoms with E-state index in [0.29, 0.717) is 11.8 Å². The zero-order valence-corrected chi connectivity index (χ0v) is 15.3. The first-order valence-corrected chi connectivity index (χ1v) is 9.33. The van der Waals surface area contributed by atoms with Gasteiger partial charge in [0.2, 0.25) is 5.91 Å². The van der Waals surface area contributed by atoms with Gasteiger partial charge in [0, 0.05) is 22.4 Å². The summed E-state index contributed by atoms with van der Waals surface area (Å²) in [6.07, 6.45) is 1.11. The average molecular weight is 340 g/mol. The van der Waals surface area contributed by atoms with E-state index in [1.807, 2.05) is 36.9 Å². The van der Waals surface area contributed by atoms with Crippen LogP contribution in [0.2, 0.25) is 0 Å². The van der Waals surface area contributed by atoms with Gasteiger partial charge in [-0.2, -0.15) is 0 Å². The van der Waals surface area contributed by atoms with Crippen LogP contribution < -0.4 is 10.2 Å². The summed E-state index contributed by atoms with van der Waals surface area (Å²) in [5, 5.41) is 3.61. The van der Waals surface area contributed by atoms with E-state index in [4.69, 9.17) is 0 Å². The van der Waals surface area contributed by atoms with Crippen LogP contribution in [0.1, 0.15) is 24.5 Å². The number of para-hydroxylation sites is 1. The van der Waals surface area contributed by atoms with Gasteiger partial charge in [-0.05, 0) is 49.6 Å². The summed E-state index contributed by atoms with van der Waals surface area (Å²) in [5.74, 6) is 0.0419. The quantitative estimate of drug-likeness (QED) is 0.880. The molecule has 3 nitrogen and oxygen atoms in total. The molecule has 1 amide bonds. The van der Waals surface area contributed by atoms with E-state index in [2.05, 4.69) is 48.3 Å². The van der Waals surface area contributed by atoms with E-state index in [1.54, 1.807) is 0 Å². The summed E-state index contributed by atoms with van der Waals surface area (Å²) >= 11 is 1.92. The zero-order chi connectivity index (χ0) is 17.1. The molecule has 0 saturated carbocycles. The first-order chi connectivity index (χ1) is 11.6. The number of anilines is 2. The predicted molar refractivity (Wildman–Crippen MR) is 103 cm³/mol. The minimum atomic E-state index is 0.0419. The third kappa shape index (κ3) is 3.59. The van der Waals surface area contributed by atoms with Gasteiger partial charge in [0.1, 0.15) is 0 Å². The first-order valence-electron chi connectivity index (χ1n) is 8.45. The maximum atomic E-state index is 12.6. The lowest BCUT2D eigenvalue weighted by molar-refractivity contribution is -0.115. The SMILES string of the molecule is CC[C@H]1CN(CC(=O)Nc2cccc(C)c2C)c2ccccc2S1. The molecule has 1 atom stereocenters. The van der Waals surface area contributed by atoms with Crippen molar-refractivity contribution in [2.45, 2.75) is 37.3 Å². The van der Waals surface area contributed by atoms with E-state index in [-0.39, 0.29) is 5.91 Å². The van der Waals surface area contributed by atoms with Crippen molar-refractivity contribution in [3.63, 3.8) is 0 Å². The molecule has 2 aromatic rings. The van der Waals surface area contributed by atoms with Crippen LogP contribution >= 0.6 is 11.8 Å². The average Bonchev–Trinajstić information content (AvgIpc) is 2.58. The number of carbonyl (C=O) groups is 1. The van der Waals surface area contributed by atoms with E-state index < -0.39 is 0 Å². The highest BCUT2D eigenvalue weighted by Crippen LogP contribution is 2.39. The molecule has 4 heteroatoms. The van der Waals surface area contributed by atoms with Gasteiger partial charge in [-0.3, -0.25) is 4.79 Å². The Kier molecular flexibility index (Phi) is 5.14. The predicted octanol–water partition coefficient (Wildman–Crippen LogP) is 4.63. The molecule has 0 aliphatic carbocycles. The van der Waals surface area contributed by atoms with Gasteiger partial charge in [-0.15, -0.1) is 11.8 Å². The van der Waals surface area contributed by atoms with Crippen LogP contribution in [0.4, 0.5) is 11.4 Å². The minimum Gasteiger partial charge on any atom is -0.360 e. The molecule has 3 rings (SSSR count). The van der Waals surface area contributed by atoms with Crippen LogP contribution in [0.5, 0.6) is 0 Å². The highest BCUT2D eigenvalue weighted by Gasteiger charge is 2.25. The maximum Gasteiger partial charge on any atom is 0.243 e. The summed E-state index contributed by atoms with van der Waals surface area (Å²) in [6.45, 7) is 7.62. The standard InChI is InChI=1S/C20H24N2OS/c1-4-16-12-22(18-10-5-6-11-19(18)24-16)13-20(23)21-17-9-7-8-14(2)15(17)3/h5-11,16H,4,12-13H2,1-3H3,(H,21,23)/t16-/m0/s1. The maximum absolute atomic E-state index is 12.6. The lowest BCUT2D eigenvalue weighted by Gasteiger charge is -2.34. The molecule has 0 unspecified atom stereocenters. The summed E-state index contributed by atoms with van der Waals surface area (Å²) in [7, 11) is 0. The molecule has 24 heavy (non-hydrogen) atoms. The molecule has 1 heterocycles. The molecular weight excluding hydrogens is 316 g/mol. The number of aryl methyl sites for hydroxylation is 1. The van der Waals surface area contributed by atoms with Crippen molar-refractivity contribution in [2.75, 3.05) is 23.3 Å². The normalized spacial score (nSPS) is 16.6. The molecule has 0 aromatic heterocycles. The van der Waals surface area contributed by atoms with Crippen molar-refractivity contribution in [1.82, 2.24) is 0 Å². The van der Waals surface area contributed by atoms with E-state index in [9.17, 15) is 4.79 Å². The van der Waals surface area contributed by atoms with Gasteiger partial charge >= 0.3 is 0 Å². The number of rotatable bonds is 4. The molecule has 2 aromatic carbocycles. The summed E-state index contributed by atoms with van der Waals surface area (Å²) in [4.78, 5) is 16.1. The summed E-state index contributed by atoms with van der Waals surface area (Å²) in [6, 6.07) is 14.4. The minimum absolute atomic E-state index is 0.0419. The highest BCUT2D eigenvalue weighted by molar-refractivity contribution is 8.00. The van der Waals surface area contributed by atoms with Crippen LogP contribution in [0.3, 0.4) is 0 Å². The molecule has 0 radical (unpaired) electrons. The number of amides is 1. The number of hydrogen-bond acceptors (Lipinski definition) is 3. The summed E-state index contributed by atoms with van der Waals surface area (Å²) in [5.41, 5.74) is 4.40. The molecule has 1 aliphatic rings. The van der Waals surface area contributed by atoms with Crippen molar-refractivity contribution in [1.29, 1.82) is 0 Å². The molecule has 0 saturated heterocycles. The third-order valence-corrected chi connectivity index (χ3v) is 6.01. The van der Waals surface area contributed by atoms with E-state index >= 15 is 0 Å². The van der Waals surface area contributed by atoms with Crippen LogP contribution in [0, 0.1) is 13.8 Å². The number of thioether (sulfide) groups is 1. The second-order valence-electron chi connectivity index (χ2n) is 6.29. The molecule has 126 valence electrons. The Morgan fingerprint density at radius 2 is 2.00 bits per heavy atom. The Hall–Kier alpha value is -1.94. The Morgan fingerprint density at radius 3 is 2.79 bits per heavy atom. The van der Waals surface area contributed by atoms with Gasteiger partial charge in [0.25, 0.3) is 0 Å². The van der Waals surface area contributed by atoms with Gasteiger partial charge in [-0.1, -0.05) is 31.2 Å². The fourth-order valence-electron chi connectivity index (χ4n) is 2.99. The van der Waals surface area contributed by atoms with Crippen molar-refractivity contribution < 1.29 is 4.79 Å². The van der Waals surface area contributed by atoms with E-state index in [1.165, 1.54) is 16.1 Å². The first kappa shape index (κ1) is 16.9. The van der Waals surface area contributed by atoms with Crippen molar-refractivity contribution in [2.24, 2.45) is 0 Å². The second-order valence-corrected chi connectivity index (χ2v) is 7.63. The number of nitrogens with one attached hydrogen (secondary N) is 1. The molecule has 1 aliphatic heterocycles. The van der Waals surface area contributed by atoms with Gasteiger partial charge in [0.15, 0.2) is 0 Å². The van der Waals surface area contributed by atoms with Crippen LogP contribution in [0.25, 0.3) is 0 Å². The Morgan fingerprint density at radius 1 is 1.21 bits per heavy atom. The summed E-state index contributed by atoms with van der Waals surface area (Å²) < 4.78 is 0. The Bertz CT molecular complexity index is 744. The number of hydrogen-bond donors (Lipinski definition) is 1. The third-order valence-electron chi connectivity index (χ3n) is 4.59. The van der Waals surface area contributed by atoms with Gasteiger partial charge < -0.3 is 10.2 Å². The topological polar surface area (TPSA) is 32.3 Å². The Balaban J connectivity index is 1.75. The molecule has 0 bridgehead atoms. The number of nitrogens with zero attached hydrogens (tertiary/aromatic N) is 1.